The number of carbonyl (C=O) groups is 1. The summed E-state index contributed by atoms with van der Waals surface area (Å²) in [6.07, 6.45) is -0.0481. The van der Waals surface area contributed by atoms with E-state index in [0.717, 1.165) is 5.56 Å². The van der Waals surface area contributed by atoms with Crippen LogP contribution in [0.25, 0.3) is 5.57 Å². The number of carboxylic acid groups (broad SMARTS) is 1. The molecule has 0 saturated carbocycles. The van der Waals surface area contributed by atoms with Crippen LogP contribution in [0.1, 0.15) is 12.0 Å². The predicted octanol–water partition coefficient (Wildman–Crippen LogP) is 2.74. The third-order valence-electron chi connectivity index (χ3n) is 1.62. The molecule has 0 spiro atoms. The van der Waals surface area contributed by atoms with Gasteiger partial charge in [0.15, 0.2) is 0 Å². The molecule has 3 heteroatoms. The lowest BCUT2D eigenvalue weighted by Gasteiger charge is -2.02. The summed E-state index contributed by atoms with van der Waals surface area (Å²) in [4.78, 5) is 10.4. The number of aliphatic carboxylic acids is 1. The molecule has 0 aliphatic carbocycles. The van der Waals surface area contributed by atoms with E-state index in [-0.39, 0.29) is 6.42 Å². The molecule has 0 radical (unpaired) electrons. The van der Waals surface area contributed by atoms with E-state index in [9.17, 15) is 4.79 Å². The number of carboxylic acids is 1. The van der Waals surface area contributed by atoms with Gasteiger partial charge in [0.05, 0.1) is 6.42 Å². The highest BCUT2D eigenvalue weighted by atomic mass is 35.5. The highest BCUT2D eigenvalue weighted by Crippen LogP contribution is 2.18. The van der Waals surface area contributed by atoms with Gasteiger partial charge in [0.1, 0.15) is 0 Å². The van der Waals surface area contributed by atoms with Gasteiger partial charge in [0.2, 0.25) is 0 Å². The van der Waals surface area contributed by atoms with Crippen molar-refractivity contribution in [2.75, 3.05) is 0 Å². The highest BCUT2D eigenvalue weighted by Gasteiger charge is 2.05. The fourth-order valence-corrected chi connectivity index (χ4v) is 1.22. The first kappa shape index (κ1) is 9.81. The fraction of sp³-hybridized carbons (Fsp3) is 0.100. The van der Waals surface area contributed by atoms with Crippen molar-refractivity contribution in [1.29, 1.82) is 0 Å². The molecular weight excluding hydrogens is 188 g/mol. The topological polar surface area (TPSA) is 37.3 Å². The fourth-order valence-electron chi connectivity index (χ4n) is 1.02. The molecular formula is C10H9ClO2. The maximum absolute atomic E-state index is 10.4. The number of hydrogen-bond donors (Lipinski definition) is 1. The molecule has 1 aromatic rings. The van der Waals surface area contributed by atoms with Crippen molar-refractivity contribution in [3.05, 3.63) is 41.4 Å². The van der Waals surface area contributed by atoms with Crippen LogP contribution in [0.4, 0.5) is 0 Å². The molecule has 1 aromatic carbocycles. The summed E-state index contributed by atoms with van der Waals surface area (Å²) in [5.41, 5.74) is 2.78. The van der Waals surface area contributed by atoms with E-state index in [4.69, 9.17) is 16.7 Å². The standard InChI is InChI=1S/C10H9ClO2/c11-7-9(6-10(12)13)8-4-2-1-3-5-8/h1-5,7H,6H2,(H,12,13)/b9-7-. The van der Waals surface area contributed by atoms with Gasteiger partial charge in [-0.1, -0.05) is 41.9 Å². The smallest absolute Gasteiger partial charge is 0.307 e. The molecule has 13 heavy (non-hydrogen) atoms. The van der Waals surface area contributed by atoms with Crippen LogP contribution in [0, 0.1) is 0 Å². The van der Waals surface area contributed by atoms with Crippen molar-refractivity contribution in [3.8, 4) is 0 Å². The summed E-state index contributed by atoms with van der Waals surface area (Å²) in [5.74, 6) is -0.879. The molecule has 0 aromatic heterocycles. The van der Waals surface area contributed by atoms with Crippen LogP contribution in [-0.4, -0.2) is 11.1 Å². The van der Waals surface area contributed by atoms with Gasteiger partial charge in [-0.3, -0.25) is 4.79 Å². The van der Waals surface area contributed by atoms with Crippen LogP contribution in [0.5, 0.6) is 0 Å². The molecule has 1 rings (SSSR count). The highest BCUT2D eigenvalue weighted by molar-refractivity contribution is 6.28. The first-order valence-electron chi connectivity index (χ1n) is 3.80. The Morgan fingerprint density at radius 3 is 2.46 bits per heavy atom. The van der Waals surface area contributed by atoms with Crippen LogP contribution in [0.2, 0.25) is 0 Å². The second kappa shape index (κ2) is 4.67. The van der Waals surface area contributed by atoms with Crippen LogP contribution in [0.15, 0.2) is 35.9 Å². The maximum Gasteiger partial charge on any atom is 0.307 e. The Kier molecular flexibility index (Phi) is 3.53. The third-order valence-corrected chi connectivity index (χ3v) is 1.88. The van der Waals surface area contributed by atoms with Crippen LogP contribution in [-0.2, 0) is 4.79 Å². The van der Waals surface area contributed by atoms with E-state index in [0.29, 0.717) is 5.57 Å². The van der Waals surface area contributed by atoms with E-state index in [2.05, 4.69) is 0 Å². The molecule has 1 N–H and O–H groups in total. The van der Waals surface area contributed by atoms with Gasteiger partial charge in [-0.05, 0) is 11.1 Å². The maximum atomic E-state index is 10.4. The summed E-state index contributed by atoms with van der Waals surface area (Å²) in [6.45, 7) is 0. The van der Waals surface area contributed by atoms with E-state index < -0.39 is 5.97 Å². The van der Waals surface area contributed by atoms with Crippen LogP contribution >= 0.6 is 11.6 Å². The van der Waals surface area contributed by atoms with Gasteiger partial charge in [0, 0.05) is 5.54 Å². The minimum atomic E-state index is -0.879. The lowest BCUT2D eigenvalue weighted by molar-refractivity contribution is -0.135. The van der Waals surface area contributed by atoms with Gasteiger partial charge in [-0.25, -0.2) is 0 Å². The average Bonchev–Trinajstić information content (AvgIpc) is 2.15. The van der Waals surface area contributed by atoms with Crippen LogP contribution < -0.4 is 0 Å². The summed E-state index contributed by atoms with van der Waals surface area (Å²) < 4.78 is 0. The molecule has 0 bridgehead atoms. The normalized spacial score (nSPS) is 11.3. The molecule has 0 saturated heterocycles. The van der Waals surface area contributed by atoms with Crippen molar-refractivity contribution >= 4 is 23.1 Å². The number of benzene rings is 1. The minimum Gasteiger partial charge on any atom is -0.481 e. The van der Waals surface area contributed by atoms with Gasteiger partial charge in [-0.2, -0.15) is 0 Å². The molecule has 0 unspecified atom stereocenters. The van der Waals surface area contributed by atoms with Crippen molar-refractivity contribution in [3.63, 3.8) is 0 Å². The second-order valence-corrected chi connectivity index (χ2v) is 2.79. The van der Waals surface area contributed by atoms with Gasteiger partial charge < -0.3 is 5.11 Å². The number of halogens is 1. The zero-order valence-electron chi connectivity index (χ0n) is 6.90. The Balaban J connectivity index is 2.86. The van der Waals surface area contributed by atoms with E-state index in [1.165, 1.54) is 5.54 Å². The van der Waals surface area contributed by atoms with E-state index in [1.807, 2.05) is 30.3 Å². The largest absolute Gasteiger partial charge is 0.481 e. The summed E-state index contributed by atoms with van der Waals surface area (Å²) >= 11 is 5.52. The zero-order valence-corrected chi connectivity index (χ0v) is 7.66. The lowest BCUT2D eigenvalue weighted by atomic mass is 10.1. The van der Waals surface area contributed by atoms with Gasteiger partial charge >= 0.3 is 5.97 Å². The van der Waals surface area contributed by atoms with Crippen molar-refractivity contribution < 1.29 is 9.90 Å². The minimum absolute atomic E-state index is 0.0481. The van der Waals surface area contributed by atoms with Crippen molar-refractivity contribution in [2.45, 2.75) is 6.42 Å². The Morgan fingerprint density at radius 1 is 1.38 bits per heavy atom. The molecule has 2 nitrogen and oxygen atoms in total. The Morgan fingerprint density at radius 2 is 2.00 bits per heavy atom. The average molecular weight is 197 g/mol. The quantitative estimate of drug-likeness (QED) is 0.807. The first-order valence-corrected chi connectivity index (χ1v) is 4.24. The summed E-state index contributed by atoms with van der Waals surface area (Å²) in [5, 5.41) is 8.58. The van der Waals surface area contributed by atoms with E-state index in [1.54, 1.807) is 0 Å². The number of rotatable bonds is 3. The third kappa shape index (κ3) is 2.92. The molecule has 0 fully saturated rings. The first-order chi connectivity index (χ1) is 6.24. The molecule has 0 heterocycles. The molecule has 0 aliphatic rings. The Labute approximate surface area is 81.5 Å². The van der Waals surface area contributed by atoms with Gasteiger partial charge in [-0.15, -0.1) is 0 Å². The molecule has 0 amide bonds. The van der Waals surface area contributed by atoms with Crippen molar-refractivity contribution in [1.82, 2.24) is 0 Å². The lowest BCUT2D eigenvalue weighted by Crippen LogP contribution is -1.96. The number of hydrogen-bond acceptors (Lipinski definition) is 1. The van der Waals surface area contributed by atoms with E-state index >= 15 is 0 Å². The Hall–Kier alpha value is -1.28. The molecule has 0 aliphatic heterocycles. The molecule has 68 valence electrons. The monoisotopic (exact) mass is 196 g/mol. The predicted molar refractivity (Wildman–Crippen MR) is 52.5 cm³/mol. The SMILES string of the molecule is O=C(O)C/C(=C/Cl)c1ccccc1. The summed E-state index contributed by atoms with van der Waals surface area (Å²) in [7, 11) is 0. The van der Waals surface area contributed by atoms with Gasteiger partial charge in [0.25, 0.3) is 0 Å². The van der Waals surface area contributed by atoms with Crippen molar-refractivity contribution in [2.24, 2.45) is 0 Å². The second-order valence-electron chi connectivity index (χ2n) is 2.57. The zero-order chi connectivity index (χ0) is 9.68. The Bertz CT molecular complexity index is 317. The summed E-state index contributed by atoms with van der Waals surface area (Å²) in [6, 6.07) is 9.22. The molecule has 0 atom stereocenters. The van der Waals surface area contributed by atoms with Crippen LogP contribution in [0.3, 0.4) is 0 Å².